The van der Waals surface area contributed by atoms with Crippen LogP contribution in [0.25, 0.3) is 11.0 Å². The molecule has 0 spiro atoms. The summed E-state index contributed by atoms with van der Waals surface area (Å²) in [6.07, 6.45) is 3.31. The number of hydrogen-bond donors (Lipinski definition) is 1. The lowest BCUT2D eigenvalue weighted by Crippen LogP contribution is -2.30. The highest BCUT2D eigenvalue weighted by Crippen LogP contribution is 2.32. The summed E-state index contributed by atoms with van der Waals surface area (Å²) < 4.78 is 7.47. The Morgan fingerprint density at radius 1 is 1.36 bits per heavy atom. The van der Waals surface area contributed by atoms with Gasteiger partial charge in [-0.25, -0.2) is 4.98 Å². The highest BCUT2D eigenvalue weighted by Gasteiger charge is 2.22. The zero-order valence-corrected chi connectivity index (χ0v) is 14.3. The summed E-state index contributed by atoms with van der Waals surface area (Å²) in [4.78, 5) is 4.86. The third-order valence-electron chi connectivity index (χ3n) is 4.21. The minimum absolute atomic E-state index is 0.446. The summed E-state index contributed by atoms with van der Waals surface area (Å²) in [5.41, 5.74) is 1.98. The average Bonchev–Trinajstić information content (AvgIpc) is 2.87. The molecule has 2 heterocycles. The quantitative estimate of drug-likeness (QED) is 0.839. The second-order valence-corrected chi connectivity index (χ2v) is 6.58. The Kier molecular flexibility index (Phi) is 5.24. The first-order valence-corrected chi connectivity index (χ1v) is 8.51. The predicted octanol–water partition coefficient (Wildman–Crippen LogP) is 3.85. The molecule has 1 N–H and O–H groups in total. The van der Waals surface area contributed by atoms with Crippen LogP contribution in [0.15, 0.2) is 12.1 Å². The van der Waals surface area contributed by atoms with Gasteiger partial charge in [0.25, 0.3) is 0 Å². The number of methoxy groups -OCH3 is 1. The zero-order chi connectivity index (χ0) is 15.5. The van der Waals surface area contributed by atoms with Gasteiger partial charge in [0.2, 0.25) is 0 Å². The normalized spacial score (nSPS) is 19.0. The van der Waals surface area contributed by atoms with Gasteiger partial charge in [-0.2, -0.15) is 0 Å². The van der Waals surface area contributed by atoms with Gasteiger partial charge in [-0.15, -0.1) is 0 Å². The number of ether oxygens (including phenoxy) is 1. The van der Waals surface area contributed by atoms with E-state index in [-0.39, 0.29) is 0 Å². The van der Waals surface area contributed by atoms with E-state index in [1.807, 2.05) is 12.1 Å². The van der Waals surface area contributed by atoms with Crippen LogP contribution in [0.2, 0.25) is 10.0 Å². The standard InChI is InChI=1S/C16H21Cl2N3O/c1-22-7-3-6-21-15-9-13(18)12(17)8-14(15)20-16(21)11-4-2-5-19-10-11/h8-9,11,19H,2-7,10H2,1H3/t11-/m1/s1. The monoisotopic (exact) mass is 341 g/mol. The number of fused-ring (bicyclic) bond motifs is 1. The van der Waals surface area contributed by atoms with E-state index >= 15 is 0 Å². The van der Waals surface area contributed by atoms with E-state index in [0.29, 0.717) is 16.0 Å². The molecule has 0 amide bonds. The Bertz CT molecular complexity index is 650. The summed E-state index contributed by atoms with van der Waals surface area (Å²) in [6.45, 7) is 3.70. The maximum Gasteiger partial charge on any atom is 0.114 e. The van der Waals surface area contributed by atoms with Crippen LogP contribution in [-0.4, -0.2) is 36.4 Å². The molecule has 0 aliphatic carbocycles. The van der Waals surface area contributed by atoms with Crippen LogP contribution in [0.4, 0.5) is 0 Å². The topological polar surface area (TPSA) is 39.1 Å². The minimum Gasteiger partial charge on any atom is -0.385 e. The molecule has 1 aliphatic rings. The van der Waals surface area contributed by atoms with Gasteiger partial charge in [-0.3, -0.25) is 0 Å². The first-order chi connectivity index (χ1) is 10.7. The number of rotatable bonds is 5. The van der Waals surface area contributed by atoms with E-state index in [2.05, 4.69) is 9.88 Å². The van der Waals surface area contributed by atoms with E-state index in [9.17, 15) is 0 Å². The molecule has 2 aromatic rings. The van der Waals surface area contributed by atoms with Crippen LogP contribution in [0.5, 0.6) is 0 Å². The molecule has 0 saturated carbocycles. The maximum absolute atomic E-state index is 6.21. The molecule has 1 saturated heterocycles. The lowest BCUT2D eigenvalue weighted by atomic mass is 9.99. The minimum atomic E-state index is 0.446. The molecule has 0 bridgehead atoms. The molecule has 0 radical (unpaired) electrons. The van der Waals surface area contributed by atoms with Crippen molar-refractivity contribution < 1.29 is 4.74 Å². The molecular formula is C16H21Cl2N3O. The Balaban J connectivity index is 2.01. The van der Waals surface area contributed by atoms with Gasteiger partial charge >= 0.3 is 0 Å². The third-order valence-corrected chi connectivity index (χ3v) is 4.93. The number of imidazole rings is 1. The summed E-state index contributed by atoms with van der Waals surface area (Å²) in [5, 5.41) is 4.60. The summed E-state index contributed by atoms with van der Waals surface area (Å²) in [6, 6.07) is 3.80. The fourth-order valence-corrected chi connectivity index (χ4v) is 3.44. The van der Waals surface area contributed by atoms with Crippen LogP contribution in [-0.2, 0) is 11.3 Å². The molecule has 22 heavy (non-hydrogen) atoms. The van der Waals surface area contributed by atoms with E-state index in [4.69, 9.17) is 32.9 Å². The number of nitrogens with one attached hydrogen (secondary N) is 1. The molecule has 1 atom stereocenters. The van der Waals surface area contributed by atoms with Crippen molar-refractivity contribution in [3.8, 4) is 0 Å². The van der Waals surface area contributed by atoms with Crippen molar-refractivity contribution in [2.75, 3.05) is 26.8 Å². The molecule has 1 aromatic carbocycles. The Labute approximate surface area is 140 Å². The summed E-state index contributed by atoms with van der Waals surface area (Å²) >= 11 is 12.4. The fraction of sp³-hybridized carbons (Fsp3) is 0.562. The van der Waals surface area contributed by atoms with Gasteiger partial charge in [0.1, 0.15) is 5.82 Å². The molecule has 120 valence electrons. The molecule has 1 fully saturated rings. The number of hydrogen-bond acceptors (Lipinski definition) is 3. The van der Waals surface area contributed by atoms with Gasteiger partial charge in [0.15, 0.2) is 0 Å². The zero-order valence-electron chi connectivity index (χ0n) is 12.7. The highest BCUT2D eigenvalue weighted by molar-refractivity contribution is 6.42. The van der Waals surface area contributed by atoms with Crippen LogP contribution < -0.4 is 5.32 Å². The van der Waals surface area contributed by atoms with E-state index in [0.717, 1.165) is 49.5 Å². The Morgan fingerprint density at radius 2 is 2.18 bits per heavy atom. The van der Waals surface area contributed by atoms with Crippen LogP contribution in [0.1, 0.15) is 31.0 Å². The largest absolute Gasteiger partial charge is 0.385 e. The molecule has 6 heteroatoms. The van der Waals surface area contributed by atoms with Gasteiger partial charge in [0, 0.05) is 32.7 Å². The molecule has 1 aliphatic heterocycles. The van der Waals surface area contributed by atoms with Crippen LogP contribution in [0.3, 0.4) is 0 Å². The summed E-state index contributed by atoms with van der Waals surface area (Å²) in [5.74, 6) is 1.58. The second kappa shape index (κ2) is 7.18. The van der Waals surface area contributed by atoms with Crippen molar-refractivity contribution in [3.63, 3.8) is 0 Å². The fourth-order valence-electron chi connectivity index (χ4n) is 3.12. The Morgan fingerprint density at radius 3 is 2.91 bits per heavy atom. The molecule has 3 rings (SSSR count). The lowest BCUT2D eigenvalue weighted by molar-refractivity contribution is 0.190. The maximum atomic E-state index is 6.21. The van der Waals surface area contributed by atoms with Crippen molar-refractivity contribution in [3.05, 3.63) is 28.0 Å². The van der Waals surface area contributed by atoms with E-state index < -0.39 is 0 Å². The van der Waals surface area contributed by atoms with Gasteiger partial charge in [-0.05, 0) is 37.9 Å². The molecular weight excluding hydrogens is 321 g/mol. The predicted molar refractivity (Wildman–Crippen MR) is 91.1 cm³/mol. The lowest BCUT2D eigenvalue weighted by Gasteiger charge is -2.23. The van der Waals surface area contributed by atoms with Crippen molar-refractivity contribution in [1.82, 2.24) is 14.9 Å². The SMILES string of the molecule is COCCCn1c([C@@H]2CCCNC2)nc2cc(Cl)c(Cl)cc21. The number of piperidine rings is 1. The number of halogens is 2. The number of aryl methyl sites for hydroxylation is 1. The van der Waals surface area contributed by atoms with Crippen molar-refractivity contribution in [2.24, 2.45) is 0 Å². The van der Waals surface area contributed by atoms with Crippen LogP contribution >= 0.6 is 23.2 Å². The molecule has 0 unspecified atom stereocenters. The first-order valence-electron chi connectivity index (χ1n) is 7.75. The van der Waals surface area contributed by atoms with Gasteiger partial charge < -0.3 is 14.6 Å². The number of nitrogens with zero attached hydrogens (tertiary/aromatic N) is 2. The first kappa shape index (κ1) is 16.1. The Hall–Kier alpha value is -0.810. The van der Waals surface area contributed by atoms with E-state index in [1.165, 1.54) is 12.8 Å². The van der Waals surface area contributed by atoms with Gasteiger partial charge in [0.05, 0.1) is 21.1 Å². The van der Waals surface area contributed by atoms with Crippen molar-refractivity contribution >= 4 is 34.2 Å². The molecule has 1 aromatic heterocycles. The third kappa shape index (κ3) is 3.25. The van der Waals surface area contributed by atoms with E-state index in [1.54, 1.807) is 7.11 Å². The van der Waals surface area contributed by atoms with Crippen molar-refractivity contribution in [1.29, 1.82) is 0 Å². The smallest absolute Gasteiger partial charge is 0.114 e. The highest BCUT2D eigenvalue weighted by atomic mass is 35.5. The van der Waals surface area contributed by atoms with Crippen LogP contribution in [0, 0.1) is 0 Å². The van der Waals surface area contributed by atoms with Crippen molar-refractivity contribution in [2.45, 2.75) is 31.7 Å². The number of benzene rings is 1. The second-order valence-electron chi connectivity index (χ2n) is 5.77. The average molecular weight is 342 g/mol. The molecule has 4 nitrogen and oxygen atoms in total. The van der Waals surface area contributed by atoms with Gasteiger partial charge in [-0.1, -0.05) is 23.2 Å². The summed E-state index contributed by atoms with van der Waals surface area (Å²) in [7, 11) is 1.73. The number of aromatic nitrogens is 2.